The fourth-order valence-electron chi connectivity index (χ4n) is 11.4. The maximum atomic E-state index is 16.5. The molecule has 2 unspecified atom stereocenters. The lowest BCUT2D eigenvalue weighted by Gasteiger charge is -2.28. The third-order valence-electron chi connectivity index (χ3n) is 16.5. The molecule has 6 heterocycles. The maximum Gasteiger partial charge on any atom is 0.416 e. The number of halogens is 14. The number of carbonyl (C=O) groups is 2. The van der Waals surface area contributed by atoms with E-state index < -0.39 is 154 Å². The molecule has 0 spiro atoms. The van der Waals surface area contributed by atoms with Gasteiger partial charge in [0.05, 0.1) is 83.2 Å². The molecule has 2 saturated heterocycles. The topological polar surface area (TPSA) is 167 Å². The van der Waals surface area contributed by atoms with E-state index >= 15 is 26.3 Å². The van der Waals surface area contributed by atoms with Crippen LogP contribution in [0.15, 0.2) is 109 Å². The smallest absolute Gasteiger partial charge is 0.416 e. The lowest BCUT2D eigenvalue weighted by Crippen LogP contribution is -2.27. The number of rotatable bonds is 16. The number of carbonyl (C=O) groups excluding carboxylic acids is 2. The van der Waals surface area contributed by atoms with Crippen LogP contribution in [0.5, 0.6) is 12.0 Å². The molecule has 12 rings (SSSR count). The molecule has 6 aromatic carbocycles. The highest BCUT2D eigenvalue weighted by atomic mass is 19.4. The zero-order chi connectivity index (χ0) is 67.8. The summed E-state index contributed by atoms with van der Waals surface area (Å²) < 4.78 is 236. The largest absolute Gasteiger partial charge is 0.458 e. The van der Waals surface area contributed by atoms with Crippen molar-refractivity contribution < 1.29 is 94.7 Å². The average molecular weight is 1330 g/mol. The molecule has 4 aromatic heterocycles. The molecule has 2 aliphatic rings. The molecule has 0 radical (unpaired) electrons. The van der Waals surface area contributed by atoms with Crippen molar-refractivity contribution in [1.29, 1.82) is 0 Å². The highest BCUT2D eigenvalue weighted by molar-refractivity contribution is 6.05. The zero-order valence-corrected chi connectivity index (χ0v) is 49.9. The molecule has 10 aromatic rings. The second-order valence-corrected chi connectivity index (χ2v) is 24.0. The van der Waals surface area contributed by atoms with E-state index in [2.05, 4.69) is 29.9 Å². The molecule has 0 aliphatic carbocycles. The van der Waals surface area contributed by atoms with E-state index in [0.29, 0.717) is 24.3 Å². The molecule has 0 saturated carbocycles. The van der Waals surface area contributed by atoms with Crippen LogP contribution in [-0.2, 0) is 52.6 Å². The van der Waals surface area contributed by atoms with Crippen molar-refractivity contribution in [3.8, 4) is 34.5 Å². The summed E-state index contributed by atoms with van der Waals surface area (Å²) in [5.41, 5.74) is -7.84. The zero-order valence-electron chi connectivity index (χ0n) is 49.9. The summed E-state index contributed by atoms with van der Waals surface area (Å²) in [5.74, 6) is -11.4. The Bertz CT molecular complexity index is 4430. The van der Waals surface area contributed by atoms with Crippen LogP contribution in [0.1, 0.15) is 106 Å². The Hall–Kier alpha value is -9.90. The summed E-state index contributed by atoms with van der Waals surface area (Å²) in [6.45, 7) is 6.48. The first kappa shape index (κ1) is 65.2. The van der Waals surface area contributed by atoms with Gasteiger partial charge in [-0.3, -0.25) is 0 Å². The Morgan fingerprint density at radius 2 is 0.874 bits per heavy atom. The van der Waals surface area contributed by atoms with E-state index in [1.165, 1.54) is 33.4 Å². The van der Waals surface area contributed by atoms with E-state index in [0.717, 1.165) is 60.9 Å². The molecular formula is C66H48F14N8O7. The highest BCUT2D eigenvalue weighted by Crippen LogP contribution is 2.44. The molecule has 0 amide bonds. The van der Waals surface area contributed by atoms with Gasteiger partial charge in [0, 0.05) is 58.3 Å². The fourth-order valence-corrected chi connectivity index (χ4v) is 11.4. The summed E-state index contributed by atoms with van der Waals surface area (Å²) >= 11 is 0. The Balaban J connectivity index is 0.797. The number of fused-ring (bicyclic) bond motifs is 2. The molecule has 29 heteroatoms. The molecule has 492 valence electrons. The number of ether oxygens (including phenoxy) is 5. The fraction of sp³-hybridized carbons (Fsp3) is 0.273. The number of hydrogen-bond acceptors (Lipinski definition) is 13. The molecule has 2 fully saturated rings. The minimum atomic E-state index is -4.80. The Kier molecular flexibility index (Phi) is 17.0. The lowest BCUT2D eigenvalue weighted by atomic mass is 9.87. The van der Waals surface area contributed by atoms with Gasteiger partial charge < -0.3 is 32.8 Å². The van der Waals surface area contributed by atoms with Crippen molar-refractivity contribution in [1.82, 2.24) is 39.0 Å². The van der Waals surface area contributed by atoms with E-state index in [1.807, 2.05) is 27.7 Å². The van der Waals surface area contributed by atoms with Crippen LogP contribution in [-0.4, -0.2) is 77.4 Å². The maximum absolute atomic E-state index is 16.5. The number of alkyl halides is 6. The van der Waals surface area contributed by atoms with Gasteiger partial charge in [-0.05, 0) is 96.1 Å². The number of aromatic nitrogens is 8. The van der Waals surface area contributed by atoms with Gasteiger partial charge in [0.25, 0.3) is 0 Å². The molecular weight excluding hydrogens is 1280 g/mol. The van der Waals surface area contributed by atoms with Crippen LogP contribution in [0.2, 0.25) is 0 Å². The Morgan fingerprint density at radius 3 is 1.23 bits per heavy atom. The third kappa shape index (κ3) is 13.1. The second kappa shape index (κ2) is 24.8. The number of esters is 2. The predicted molar refractivity (Wildman–Crippen MR) is 308 cm³/mol. The van der Waals surface area contributed by atoms with Crippen LogP contribution in [0, 0.1) is 57.4 Å². The first-order valence-corrected chi connectivity index (χ1v) is 28.8. The minimum absolute atomic E-state index is 0.00689. The summed E-state index contributed by atoms with van der Waals surface area (Å²) in [5, 5.41) is 0. The molecule has 95 heavy (non-hydrogen) atoms. The molecule has 15 nitrogen and oxygen atoms in total. The highest BCUT2D eigenvalue weighted by Gasteiger charge is 2.42. The van der Waals surface area contributed by atoms with Gasteiger partial charge in [0.1, 0.15) is 70.8 Å². The van der Waals surface area contributed by atoms with Gasteiger partial charge in [-0.2, -0.15) is 36.3 Å². The van der Waals surface area contributed by atoms with E-state index in [-0.39, 0.29) is 105 Å². The van der Waals surface area contributed by atoms with Crippen molar-refractivity contribution in [2.75, 3.05) is 26.4 Å². The van der Waals surface area contributed by atoms with Crippen molar-refractivity contribution in [2.45, 2.75) is 78.2 Å². The first-order valence-electron chi connectivity index (χ1n) is 28.8. The van der Waals surface area contributed by atoms with E-state index in [4.69, 9.17) is 23.7 Å². The quantitative estimate of drug-likeness (QED) is 0.0510. The van der Waals surface area contributed by atoms with Crippen molar-refractivity contribution >= 4 is 34.0 Å². The van der Waals surface area contributed by atoms with Gasteiger partial charge in [0.2, 0.25) is 0 Å². The SMILES string of the molecule is CC1(C)COCC1n1c(Cc2cc(F)c(-c3ccnc(OCc4ccc(C(F)(F)F)cc4F)n3)cc2F)nc2c(F)cc(C(=O)OC(=O)c3cc(F)c4nc(Cc5cc(F)c(-c6ccnc(OCc7ccc(C(F)(F)F)cc7F)n6)cc5F)n(C5COCC5(C)C)c4c3)cc21. The summed E-state index contributed by atoms with van der Waals surface area (Å²) in [6.07, 6.45) is -8.27. The Morgan fingerprint density at radius 1 is 0.484 bits per heavy atom. The van der Waals surface area contributed by atoms with Crippen LogP contribution in [0.3, 0.4) is 0 Å². The molecule has 2 aliphatic heterocycles. The molecule has 0 N–H and O–H groups in total. The average Bonchev–Trinajstić information content (AvgIpc) is 1.61. The van der Waals surface area contributed by atoms with Crippen LogP contribution >= 0.6 is 0 Å². The molecule has 2 atom stereocenters. The van der Waals surface area contributed by atoms with Crippen LogP contribution in [0.25, 0.3) is 44.6 Å². The lowest BCUT2D eigenvalue weighted by molar-refractivity contribution is -0.138. The van der Waals surface area contributed by atoms with Gasteiger partial charge in [-0.15, -0.1) is 0 Å². The summed E-state index contributed by atoms with van der Waals surface area (Å²) in [7, 11) is 0. The van der Waals surface area contributed by atoms with E-state index in [9.17, 15) is 44.7 Å². The third-order valence-corrected chi connectivity index (χ3v) is 16.5. The van der Waals surface area contributed by atoms with Gasteiger partial charge in [-0.25, -0.2) is 64.6 Å². The van der Waals surface area contributed by atoms with Gasteiger partial charge >= 0.3 is 36.3 Å². The van der Waals surface area contributed by atoms with Crippen molar-refractivity contribution in [3.05, 3.63) is 212 Å². The van der Waals surface area contributed by atoms with Crippen molar-refractivity contribution in [2.24, 2.45) is 10.8 Å². The summed E-state index contributed by atoms with van der Waals surface area (Å²) in [4.78, 5) is 53.0. The standard InChI is InChI=1S/C66H48F14N8O7/c1-63(2)29-91-27-53(63)87-51-17-35(15-47(73)57(51)85-55(87)19-33-13-45(71)39(23-43(33)69)49-9-11-81-61(83-49)93-25-31-5-7-37(21-41(31)67)65(75,76)77)59(89)95-60(90)36-16-48(74)58-52(18-36)88(54-28-92-30-64(54,3)4)56(86-58)20-34-14-46(72)40(24-44(34)70)50-10-12-82-62(84-50)94-26-32-6-8-38(22-42(32)68)66(78,79)80/h5-18,21-24,53-54H,19-20,25-30H2,1-4H3. The second-order valence-electron chi connectivity index (χ2n) is 24.0. The number of imidazole rings is 2. The van der Waals surface area contributed by atoms with Gasteiger partial charge in [-0.1, -0.05) is 39.8 Å². The monoisotopic (exact) mass is 1330 g/mol. The Labute approximate surface area is 528 Å². The first-order chi connectivity index (χ1) is 44.9. The number of nitrogens with zero attached hydrogens (tertiary/aromatic N) is 8. The van der Waals surface area contributed by atoms with Crippen molar-refractivity contribution in [3.63, 3.8) is 0 Å². The van der Waals surface area contributed by atoms with E-state index in [1.54, 1.807) is 0 Å². The van der Waals surface area contributed by atoms with Gasteiger partial charge in [0.15, 0.2) is 11.6 Å². The summed E-state index contributed by atoms with van der Waals surface area (Å²) in [6, 6.07) is 11.1. The predicted octanol–water partition coefficient (Wildman–Crippen LogP) is 15.0. The minimum Gasteiger partial charge on any atom is -0.458 e. The number of hydrogen-bond donors (Lipinski definition) is 0. The number of benzene rings is 6. The van der Waals surface area contributed by atoms with Crippen LogP contribution < -0.4 is 9.47 Å². The molecule has 0 bridgehead atoms. The normalized spacial score (nSPS) is 16.3. The van der Waals surface area contributed by atoms with Crippen LogP contribution in [0.4, 0.5) is 61.5 Å².